The first-order chi connectivity index (χ1) is 10.3. The molecule has 22 heavy (non-hydrogen) atoms. The van der Waals surface area contributed by atoms with E-state index in [2.05, 4.69) is 16.1 Å². The quantitative estimate of drug-likeness (QED) is 0.732. The molecule has 0 aromatic rings. The summed E-state index contributed by atoms with van der Waals surface area (Å²) in [6.07, 6.45) is 0.361. The van der Waals surface area contributed by atoms with Crippen molar-refractivity contribution in [2.24, 2.45) is 10.2 Å². The average Bonchev–Trinajstić information content (AvgIpc) is 3.22. The molecule has 0 aliphatic carbocycles. The minimum atomic E-state index is -4.46. The van der Waals surface area contributed by atoms with Crippen molar-refractivity contribution >= 4 is 5.91 Å². The topological polar surface area (TPSA) is 54.3 Å². The number of rotatable bonds is 5. The zero-order valence-electron chi connectivity index (χ0n) is 12.3. The molecule has 2 aliphatic rings. The van der Waals surface area contributed by atoms with Crippen molar-refractivity contribution in [1.82, 2.24) is 4.90 Å². The van der Waals surface area contributed by atoms with Gasteiger partial charge >= 0.3 is 6.18 Å². The van der Waals surface area contributed by atoms with Crippen molar-refractivity contribution in [1.29, 1.82) is 0 Å². The fraction of sp³-hybridized carbons (Fsp3) is 0.786. The Bertz CT molecular complexity index is 493. The lowest BCUT2D eigenvalue weighted by molar-refractivity contribution is -0.242. The van der Waals surface area contributed by atoms with Gasteiger partial charge in [-0.3, -0.25) is 4.79 Å². The predicted molar refractivity (Wildman–Crippen MR) is 71.9 cm³/mol. The molecule has 5 nitrogen and oxygen atoms in total. The second kappa shape index (κ2) is 6.24. The highest BCUT2D eigenvalue weighted by atomic mass is 19.4. The molecular weight excluding hydrogens is 299 g/mol. The summed E-state index contributed by atoms with van der Waals surface area (Å²) in [4.78, 5) is 13.4. The monoisotopic (exact) mass is 317 g/mol. The lowest BCUT2D eigenvalue weighted by Gasteiger charge is -2.38. The average molecular weight is 317 g/mol. The molecule has 2 aliphatic heterocycles. The molecule has 2 atom stereocenters. The van der Waals surface area contributed by atoms with Gasteiger partial charge in [0.05, 0.1) is 19.2 Å². The van der Waals surface area contributed by atoms with E-state index < -0.39 is 24.5 Å². The smallest absolute Gasteiger partial charge is 0.365 e. The summed E-state index contributed by atoms with van der Waals surface area (Å²) in [5.41, 5.74) is -0.596. The molecule has 0 spiro atoms. The summed E-state index contributed by atoms with van der Waals surface area (Å²) in [5.74, 6) is 2.16. The highest BCUT2D eigenvalue weighted by molar-refractivity contribution is 5.76. The molecule has 2 unspecified atom stereocenters. The van der Waals surface area contributed by atoms with Crippen LogP contribution < -0.4 is 0 Å². The van der Waals surface area contributed by atoms with Gasteiger partial charge in [-0.2, -0.15) is 23.4 Å². The van der Waals surface area contributed by atoms with E-state index in [1.165, 1.54) is 4.90 Å². The van der Waals surface area contributed by atoms with Crippen molar-refractivity contribution in [3.05, 3.63) is 0 Å². The summed E-state index contributed by atoms with van der Waals surface area (Å²) >= 11 is 0. The van der Waals surface area contributed by atoms with Crippen LogP contribution in [-0.2, 0) is 9.53 Å². The van der Waals surface area contributed by atoms with E-state index in [9.17, 15) is 18.0 Å². The van der Waals surface area contributed by atoms with Gasteiger partial charge in [0.2, 0.25) is 5.91 Å². The summed E-state index contributed by atoms with van der Waals surface area (Å²) in [6, 6.07) is -0.374. The summed E-state index contributed by atoms with van der Waals surface area (Å²) in [7, 11) is 0. The van der Waals surface area contributed by atoms with Gasteiger partial charge in [-0.25, -0.2) is 0 Å². The Labute approximate surface area is 126 Å². The van der Waals surface area contributed by atoms with Crippen LogP contribution in [0.2, 0.25) is 0 Å². The van der Waals surface area contributed by atoms with E-state index in [1.807, 2.05) is 0 Å². The molecule has 0 bridgehead atoms. The largest absolute Gasteiger partial charge is 0.416 e. The minimum absolute atomic E-state index is 0.104. The molecular formula is C14H18F3N3O2. The Hall–Kier alpha value is -1.62. The fourth-order valence-corrected chi connectivity index (χ4v) is 2.42. The van der Waals surface area contributed by atoms with Crippen LogP contribution in [0.1, 0.15) is 32.6 Å². The standard InChI is InChI=1S/C14H18F3N3O2/c1-3-4-6-13(18-19-13)7-5-12(21)20-8-11(14(15,16)17)22-9-10(20)2/h1,10-11H,4-9H2,2H3. The van der Waals surface area contributed by atoms with Gasteiger partial charge < -0.3 is 9.64 Å². The second-order valence-electron chi connectivity index (χ2n) is 5.65. The Morgan fingerprint density at radius 2 is 2.14 bits per heavy atom. The first kappa shape index (κ1) is 16.7. The lowest BCUT2D eigenvalue weighted by Crippen LogP contribution is -2.55. The van der Waals surface area contributed by atoms with Crippen LogP contribution in [0.5, 0.6) is 0 Å². The maximum Gasteiger partial charge on any atom is 0.416 e. The minimum Gasteiger partial charge on any atom is -0.365 e. The van der Waals surface area contributed by atoms with Gasteiger partial charge in [0.25, 0.3) is 0 Å². The third-order valence-corrected chi connectivity index (χ3v) is 3.91. The number of hydrogen-bond acceptors (Lipinski definition) is 4. The number of terminal acetylenes is 1. The first-order valence-corrected chi connectivity index (χ1v) is 7.13. The van der Waals surface area contributed by atoms with E-state index in [4.69, 9.17) is 11.2 Å². The number of carbonyl (C=O) groups excluding carboxylic acids is 1. The Balaban J connectivity index is 1.87. The van der Waals surface area contributed by atoms with Crippen LogP contribution in [0.3, 0.4) is 0 Å². The number of ether oxygens (including phenoxy) is 1. The van der Waals surface area contributed by atoms with Crippen LogP contribution >= 0.6 is 0 Å². The molecule has 2 rings (SSSR count). The predicted octanol–water partition coefficient (Wildman–Crippen LogP) is 2.52. The lowest BCUT2D eigenvalue weighted by atomic mass is 10.0. The third-order valence-electron chi connectivity index (χ3n) is 3.91. The van der Waals surface area contributed by atoms with Crippen molar-refractivity contribution in [3.8, 4) is 12.3 Å². The maximum absolute atomic E-state index is 12.7. The molecule has 0 N–H and O–H groups in total. The van der Waals surface area contributed by atoms with Crippen LogP contribution in [-0.4, -0.2) is 47.9 Å². The number of nitrogens with zero attached hydrogens (tertiary/aromatic N) is 3. The van der Waals surface area contributed by atoms with Gasteiger partial charge in [-0.1, -0.05) is 0 Å². The van der Waals surface area contributed by atoms with E-state index in [1.54, 1.807) is 6.92 Å². The van der Waals surface area contributed by atoms with Crippen LogP contribution in [0.25, 0.3) is 0 Å². The van der Waals surface area contributed by atoms with Crippen molar-refractivity contribution in [2.45, 2.75) is 56.6 Å². The SMILES string of the molecule is C#CCCC1(CCC(=O)N2CC(C(F)(F)F)OCC2C)N=N1. The Morgan fingerprint density at radius 1 is 1.45 bits per heavy atom. The molecule has 8 heteroatoms. The summed E-state index contributed by atoms with van der Waals surface area (Å²) in [5, 5.41) is 7.83. The van der Waals surface area contributed by atoms with Crippen LogP contribution in [0.15, 0.2) is 10.2 Å². The van der Waals surface area contributed by atoms with Gasteiger partial charge in [-0.05, 0) is 6.92 Å². The van der Waals surface area contributed by atoms with Gasteiger partial charge in [0, 0.05) is 25.7 Å². The molecule has 2 heterocycles. The van der Waals surface area contributed by atoms with Crippen molar-refractivity contribution < 1.29 is 22.7 Å². The molecule has 0 saturated carbocycles. The highest BCUT2D eigenvalue weighted by Gasteiger charge is 2.46. The van der Waals surface area contributed by atoms with E-state index in [0.717, 1.165) is 0 Å². The Kier molecular flexibility index (Phi) is 4.75. The fourth-order valence-electron chi connectivity index (χ4n) is 2.42. The van der Waals surface area contributed by atoms with Crippen molar-refractivity contribution in [3.63, 3.8) is 0 Å². The number of hydrogen-bond donors (Lipinski definition) is 0. The van der Waals surface area contributed by atoms with Gasteiger partial charge in [-0.15, -0.1) is 12.3 Å². The normalized spacial score (nSPS) is 26.6. The first-order valence-electron chi connectivity index (χ1n) is 7.13. The van der Waals surface area contributed by atoms with Gasteiger partial charge in [0.15, 0.2) is 11.8 Å². The molecule has 0 radical (unpaired) electrons. The summed E-state index contributed by atoms with van der Waals surface area (Å²) in [6.45, 7) is 1.09. The molecule has 1 saturated heterocycles. The maximum atomic E-state index is 12.7. The van der Waals surface area contributed by atoms with E-state index in [-0.39, 0.29) is 25.0 Å². The zero-order valence-corrected chi connectivity index (χ0v) is 12.3. The van der Waals surface area contributed by atoms with Crippen molar-refractivity contribution in [2.75, 3.05) is 13.2 Å². The van der Waals surface area contributed by atoms with Gasteiger partial charge in [0.1, 0.15) is 0 Å². The van der Waals surface area contributed by atoms with Crippen LogP contribution in [0, 0.1) is 12.3 Å². The van der Waals surface area contributed by atoms with E-state index >= 15 is 0 Å². The number of carbonyl (C=O) groups is 1. The molecule has 1 fully saturated rings. The number of halogens is 3. The summed E-state index contributed by atoms with van der Waals surface area (Å²) < 4.78 is 42.9. The molecule has 1 amide bonds. The number of morpholine rings is 1. The molecule has 122 valence electrons. The Morgan fingerprint density at radius 3 is 2.68 bits per heavy atom. The number of alkyl halides is 3. The van der Waals surface area contributed by atoms with Crippen LogP contribution in [0.4, 0.5) is 13.2 Å². The van der Waals surface area contributed by atoms with E-state index in [0.29, 0.717) is 19.3 Å². The molecule has 0 aromatic carbocycles. The second-order valence-corrected chi connectivity index (χ2v) is 5.65. The third kappa shape index (κ3) is 3.97. The molecule has 0 aromatic heterocycles. The number of amides is 1. The highest BCUT2D eigenvalue weighted by Crippen LogP contribution is 2.38. The zero-order chi connectivity index (χ0) is 16.4.